The number of Topliss-reactive ketones (excluding diaryl/α,β-unsaturated/α-hetero) is 1. The fourth-order valence-electron chi connectivity index (χ4n) is 1.82. The molecule has 0 atom stereocenters. The third-order valence-electron chi connectivity index (χ3n) is 2.64. The first-order valence-electron chi connectivity index (χ1n) is 5.05. The molecule has 0 radical (unpaired) electrons. The molecule has 0 aliphatic carbocycles. The number of thiophene rings is 1. The van der Waals surface area contributed by atoms with Crippen LogP contribution in [0.5, 0.6) is 5.75 Å². The number of ketones is 1. The minimum absolute atomic E-state index is 0.0572. The molecule has 0 amide bonds. The number of rotatable bonds is 2. The molecule has 0 fully saturated rings. The van der Waals surface area contributed by atoms with Crippen LogP contribution >= 0.6 is 11.3 Å². The highest BCUT2D eigenvalue weighted by Crippen LogP contribution is 2.37. The van der Waals surface area contributed by atoms with E-state index in [4.69, 9.17) is 9.15 Å². The Morgan fingerprint density at radius 3 is 3.00 bits per heavy atom. The van der Waals surface area contributed by atoms with E-state index in [1.54, 1.807) is 14.0 Å². The molecule has 4 nitrogen and oxygen atoms in total. The van der Waals surface area contributed by atoms with E-state index in [0.717, 1.165) is 20.5 Å². The Hall–Kier alpha value is -1.88. The molecule has 0 spiro atoms. The maximum atomic E-state index is 11.4. The average Bonchev–Trinajstić information content (AvgIpc) is 2.93. The third-order valence-corrected chi connectivity index (χ3v) is 3.82. The van der Waals surface area contributed by atoms with Gasteiger partial charge in [-0.3, -0.25) is 4.79 Å². The monoisotopic (exact) mass is 247 g/mol. The number of aromatic nitrogens is 1. The van der Waals surface area contributed by atoms with Crippen LogP contribution in [0.2, 0.25) is 0 Å². The zero-order valence-electron chi connectivity index (χ0n) is 9.31. The maximum Gasteiger partial charge on any atom is 0.197 e. The molecule has 86 valence electrons. The van der Waals surface area contributed by atoms with Crippen LogP contribution in [-0.4, -0.2) is 17.9 Å². The summed E-state index contributed by atoms with van der Waals surface area (Å²) >= 11 is 1.44. The molecule has 17 heavy (non-hydrogen) atoms. The number of carbonyl (C=O) groups is 1. The Labute approximate surface area is 101 Å². The zero-order valence-corrected chi connectivity index (χ0v) is 10.1. The summed E-state index contributed by atoms with van der Waals surface area (Å²) in [4.78, 5) is 16.3. The first-order valence-corrected chi connectivity index (χ1v) is 5.87. The third kappa shape index (κ3) is 1.43. The van der Waals surface area contributed by atoms with Crippen molar-refractivity contribution >= 4 is 38.3 Å². The van der Waals surface area contributed by atoms with Gasteiger partial charge in [0.15, 0.2) is 23.5 Å². The van der Waals surface area contributed by atoms with E-state index >= 15 is 0 Å². The molecule has 2 heterocycles. The highest BCUT2D eigenvalue weighted by Gasteiger charge is 2.15. The standard InChI is InChI=1S/C12H9NO3S/c1-6(14)9-3-7-10(17-9)4-8(15-2)12-11(7)13-5-16-12/h3-5H,1-2H3. The predicted octanol–water partition coefficient (Wildman–Crippen LogP) is 3.25. The number of oxazole rings is 1. The Bertz CT molecular complexity index is 726. The molecular formula is C12H9NO3S. The van der Waals surface area contributed by atoms with Crippen LogP contribution in [0.15, 0.2) is 22.9 Å². The predicted molar refractivity (Wildman–Crippen MR) is 65.9 cm³/mol. The van der Waals surface area contributed by atoms with Crippen molar-refractivity contribution in [3.05, 3.63) is 23.4 Å². The van der Waals surface area contributed by atoms with Gasteiger partial charge in [-0.15, -0.1) is 11.3 Å². The van der Waals surface area contributed by atoms with E-state index in [1.165, 1.54) is 17.7 Å². The topological polar surface area (TPSA) is 52.3 Å². The Kier molecular flexibility index (Phi) is 2.16. The molecule has 5 heteroatoms. The van der Waals surface area contributed by atoms with Gasteiger partial charge in [-0.1, -0.05) is 0 Å². The van der Waals surface area contributed by atoms with Gasteiger partial charge in [-0.05, 0) is 13.0 Å². The summed E-state index contributed by atoms with van der Waals surface area (Å²) in [5, 5.41) is 0.935. The van der Waals surface area contributed by atoms with E-state index in [2.05, 4.69) is 4.98 Å². The van der Waals surface area contributed by atoms with Crippen molar-refractivity contribution in [2.24, 2.45) is 0 Å². The highest BCUT2D eigenvalue weighted by atomic mass is 32.1. The first-order chi connectivity index (χ1) is 8.20. The van der Waals surface area contributed by atoms with Crippen molar-refractivity contribution in [3.63, 3.8) is 0 Å². The number of nitrogens with zero attached hydrogens (tertiary/aromatic N) is 1. The molecule has 0 aliphatic rings. The normalized spacial score (nSPS) is 11.2. The zero-order chi connectivity index (χ0) is 12.0. The van der Waals surface area contributed by atoms with Crippen LogP contribution in [0.1, 0.15) is 16.6 Å². The van der Waals surface area contributed by atoms with Gasteiger partial charge < -0.3 is 9.15 Å². The number of benzene rings is 1. The van der Waals surface area contributed by atoms with Gasteiger partial charge in [0.25, 0.3) is 0 Å². The first kappa shape index (κ1) is 10.3. The van der Waals surface area contributed by atoms with E-state index in [0.29, 0.717) is 11.3 Å². The summed E-state index contributed by atoms with van der Waals surface area (Å²) in [6, 6.07) is 3.73. The van der Waals surface area contributed by atoms with Gasteiger partial charge >= 0.3 is 0 Å². The van der Waals surface area contributed by atoms with Crippen LogP contribution in [0.25, 0.3) is 21.2 Å². The Morgan fingerprint density at radius 2 is 2.29 bits per heavy atom. The summed E-state index contributed by atoms with van der Waals surface area (Å²) in [5.41, 5.74) is 1.36. The van der Waals surface area contributed by atoms with Crippen LogP contribution < -0.4 is 4.74 Å². The van der Waals surface area contributed by atoms with Crippen molar-refractivity contribution < 1.29 is 13.9 Å². The molecule has 3 aromatic rings. The van der Waals surface area contributed by atoms with Gasteiger partial charge in [-0.2, -0.15) is 0 Å². The minimum atomic E-state index is 0.0572. The number of ether oxygens (including phenoxy) is 1. The fraction of sp³-hybridized carbons (Fsp3) is 0.167. The summed E-state index contributed by atoms with van der Waals surface area (Å²) in [5.74, 6) is 0.698. The molecular weight excluding hydrogens is 238 g/mol. The Balaban J connectivity index is 2.45. The lowest BCUT2D eigenvalue weighted by molar-refractivity contribution is 0.102. The second kappa shape index (κ2) is 3.56. The van der Waals surface area contributed by atoms with E-state index in [1.807, 2.05) is 12.1 Å². The number of fused-ring (bicyclic) bond motifs is 3. The lowest BCUT2D eigenvalue weighted by atomic mass is 10.2. The lowest BCUT2D eigenvalue weighted by Gasteiger charge is -1.99. The SMILES string of the molecule is COc1cc2sc(C(C)=O)cc2c2ncoc12. The van der Waals surface area contributed by atoms with Gasteiger partial charge in [0, 0.05) is 16.2 Å². The van der Waals surface area contributed by atoms with Gasteiger partial charge in [0.05, 0.1) is 12.0 Å². The smallest absolute Gasteiger partial charge is 0.197 e. The van der Waals surface area contributed by atoms with Crippen molar-refractivity contribution in [3.8, 4) is 5.75 Å². The molecule has 0 saturated carbocycles. The second-order valence-corrected chi connectivity index (χ2v) is 4.77. The van der Waals surface area contributed by atoms with Crippen molar-refractivity contribution in [1.29, 1.82) is 0 Å². The molecule has 0 bridgehead atoms. The Morgan fingerprint density at radius 1 is 1.47 bits per heavy atom. The largest absolute Gasteiger partial charge is 0.493 e. The molecule has 0 aliphatic heterocycles. The lowest BCUT2D eigenvalue weighted by Crippen LogP contribution is -1.83. The molecule has 1 aromatic carbocycles. The molecule has 3 rings (SSSR count). The minimum Gasteiger partial charge on any atom is -0.493 e. The number of hydrogen-bond donors (Lipinski definition) is 0. The molecule has 0 unspecified atom stereocenters. The van der Waals surface area contributed by atoms with Crippen molar-refractivity contribution in [2.75, 3.05) is 7.11 Å². The summed E-state index contributed by atoms with van der Waals surface area (Å²) < 4.78 is 11.5. The molecule has 2 aromatic heterocycles. The summed E-state index contributed by atoms with van der Waals surface area (Å²) in [6.45, 7) is 1.56. The maximum absolute atomic E-state index is 11.4. The van der Waals surface area contributed by atoms with Crippen molar-refractivity contribution in [2.45, 2.75) is 6.92 Å². The van der Waals surface area contributed by atoms with Crippen LogP contribution in [0.4, 0.5) is 0 Å². The van der Waals surface area contributed by atoms with E-state index in [-0.39, 0.29) is 5.78 Å². The number of methoxy groups -OCH3 is 1. The summed E-state index contributed by atoms with van der Waals surface area (Å²) in [6.07, 6.45) is 1.39. The average molecular weight is 247 g/mol. The van der Waals surface area contributed by atoms with E-state index < -0.39 is 0 Å². The summed E-state index contributed by atoms with van der Waals surface area (Å²) in [7, 11) is 1.59. The van der Waals surface area contributed by atoms with Crippen LogP contribution in [0.3, 0.4) is 0 Å². The van der Waals surface area contributed by atoms with Crippen LogP contribution in [-0.2, 0) is 0 Å². The van der Waals surface area contributed by atoms with Gasteiger partial charge in [-0.25, -0.2) is 4.98 Å². The van der Waals surface area contributed by atoms with Gasteiger partial charge in [0.1, 0.15) is 5.52 Å². The fourth-order valence-corrected chi connectivity index (χ4v) is 2.81. The quantitative estimate of drug-likeness (QED) is 0.652. The highest BCUT2D eigenvalue weighted by molar-refractivity contribution is 7.21. The van der Waals surface area contributed by atoms with Gasteiger partial charge in [0.2, 0.25) is 0 Å². The van der Waals surface area contributed by atoms with E-state index in [9.17, 15) is 4.79 Å². The number of hydrogen-bond acceptors (Lipinski definition) is 5. The molecule has 0 N–H and O–H groups in total. The molecule has 0 saturated heterocycles. The van der Waals surface area contributed by atoms with Crippen molar-refractivity contribution in [1.82, 2.24) is 4.98 Å². The van der Waals surface area contributed by atoms with Crippen LogP contribution in [0, 0.1) is 0 Å². The number of carbonyl (C=O) groups excluding carboxylic acids is 1. The second-order valence-electron chi connectivity index (χ2n) is 3.69.